The standard InChI is InChI=1S/C25H36O5/c1-3-5-7-8-9-20-15-21(19-10-11-23-24(17-19)30-18-29-23)16-22(26)25(20)28-14-13-27-12-6-4-2/h10-11,17,21H,3-9,12-16,18H2,1-2H3. The largest absolute Gasteiger partial charge is 0.488 e. The monoisotopic (exact) mass is 416 g/mol. The van der Waals surface area contributed by atoms with Crippen molar-refractivity contribution in [2.24, 2.45) is 0 Å². The SMILES string of the molecule is CCCCCCC1=C(OCCOCCCC)C(=O)CC(c2ccc3c(c2)OCO3)C1. The molecule has 1 aromatic carbocycles. The van der Waals surface area contributed by atoms with Crippen molar-refractivity contribution in [3.05, 3.63) is 35.1 Å². The number of allylic oxidation sites excluding steroid dienone is 2. The molecule has 1 aromatic rings. The number of ether oxygens (including phenoxy) is 4. The Labute approximate surface area is 180 Å². The molecule has 166 valence electrons. The third-order valence-corrected chi connectivity index (χ3v) is 5.82. The Morgan fingerprint density at radius 3 is 2.60 bits per heavy atom. The molecule has 0 saturated carbocycles. The van der Waals surface area contributed by atoms with Crippen LogP contribution in [0.25, 0.3) is 0 Å². The molecule has 1 aliphatic heterocycles. The van der Waals surface area contributed by atoms with Gasteiger partial charge >= 0.3 is 0 Å². The maximum Gasteiger partial charge on any atom is 0.231 e. The van der Waals surface area contributed by atoms with Gasteiger partial charge < -0.3 is 18.9 Å². The Morgan fingerprint density at radius 1 is 0.933 bits per heavy atom. The van der Waals surface area contributed by atoms with Crippen molar-refractivity contribution in [2.45, 2.75) is 77.6 Å². The van der Waals surface area contributed by atoms with E-state index >= 15 is 0 Å². The quantitative estimate of drug-likeness (QED) is 0.374. The van der Waals surface area contributed by atoms with Crippen LogP contribution in [0.2, 0.25) is 0 Å². The molecule has 5 nitrogen and oxygen atoms in total. The van der Waals surface area contributed by atoms with Gasteiger partial charge in [-0.2, -0.15) is 0 Å². The second-order valence-electron chi connectivity index (χ2n) is 8.20. The summed E-state index contributed by atoms with van der Waals surface area (Å²) in [7, 11) is 0. The summed E-state index contributed by atoms with van der Waals surface area (Å²) in [5, 5.41) is 0. The van der Waals surface area contributed by atoms with Gasteiger partial charge in [-0.25, -0.2) is 0 Å². The van der Waals surface area contributed by atoms with E-state index in [0.717, 1.165) is 55.8 Å². The molecule has 1 atom stereocenters. The lowest BCUT2D eigenvalue weighted by molar-refractivity contribution is -0.120. The van der Waals surface area contributed by atoms with Gasteiger partial charge in [0.2, 0.25) is 6.79 Å². The van der Waals surface area contributed by atoms with Gasteiger partial charge in [0.25, 0.3) is 0 Å². The third-order valence-electron chi connectivity index (χ3n) is 5.82. The van der Waals surface area contributed by atoms with E-state index < -0.39 is 0 Å². The first kappa shape index (κ1) is 22.7. The fraction of sp³-hybridized carbons (Fsp3) is 0.640. The van der Waals surface area contributed by atoms with Gasteiger partial charge in [-0.15, -0.1) is 0 Å². The van der Waals surface area contributed by atoms with Gasteiger partial charge in [0.1, 0.15) is 6.61 Å². The van der Waals surface area contributed by atoms with E-state index in [2.05, 4.69) is 19.9 Å². The summed E-state index contributed by atoms with van der Waals surface area (Å²) in [5.41, 5.74) is 2.30. The zero-order valence-corrected chi connectivity index (χ0v) is 18.5. The summed E-state index contributed by atoms with van der Waals surface area (Å²) in [6, 6.07) is 6.04. The minimum absolute atomic E-state index is 0.114. The fourth-order valence-corrected chi connectivity index (χ4v) is 4.09. The van der Waals surface area contributed by atoms with Gasteiger partial charge in [0.05, 0.1) is 6.61 Å². The predicted molar refractivity (Wildman–Crippen MR) is 117 cm³/mol. The first-order valence-electron chi connectivity index (χ1n) is 11.6. The molecule has 1 unspecified atom stereocenters. The van der Waals surface area contributed by atoms with E-state index in [9.17, 15) is 4.79 Å². The number of carbonyl (C=O) groups excluding carboxylic acids is 1. The molecule has 2 aliphatic rings. The lowest BCUT2D eigenvalue weighted by Crippen LogP contribution is -2.21. The number of ketones is 1. The average molecular weight is 417 g/mol. The van der Waals surface area contributed by atoms with Gasteiger partial charge in [0.15, 0.2) is 23.0 Å². The van der Waals surface area contributed by atoms with Crippen LogP contribution in [0, 0.1) is 0 Å². The van der Waals surface area contributed by atoms with Crippen molar-refractivity contribution < 1.29 is 23.7 Å². The molecule has 0 fully saturated rings. The van der Waals surface area contributed by atoms with Gasteiger partial charge in [-0.1, -0.05) is 45.6 Å². The molecular formula is C25H36O5. The van der Waals surface area contributed by atoms with Crippen LogP contribution in [-0.4, -0.2) is 32.4 Å². The molecule has 0 amide bonds. The summed E-state index contributed by atoms with van der Waals surface area (Å²) < 4.78 is 22.5. The molecule has 0 N–H and O–H groups in total. The fourth-order valence-electron chi connectivity index (χ4n) is 4.09. The Kier molecular flexibility index (Phi) is 9.06. The van der Waals surface area contributed by atoms with E-state index in [4.69, 9.17) is 18.9 Å². The minimum atomic E-state index is 0.114. The summed E-state index contributed by atoms with van der Waals surface area (Å²) in [4.78, 5) is 13.0. The summed E-state index contributed by atoms with van der Waals surface area (Å²) in [5.74, 6) is 2.44. The van der Waals surface area contributed by atoms with Crippen molar-refractivity contribution in [1.29, 1.82) is 0 Å². The highest BCUT2D eigenvalue weighted by molar-refractivity contribution is 5.95. The molecule has 0 bridgehead atoms. The molecule has 0 aromatic heterocycles. The number of unbranched alkanes of at least 4 members (excludes halogenated alkanes) is 4. The first-order chi connectivity index (χ1) is 14.7. The van der Waals surface area contributed by atoms with E-state index in [1.54, 1.807) is 0 Å². The van der Waals surface area contributed by atoms with Crippen LogP contribution in [0.5, 0.6) is 11.5 Å². The average Bonchev–Trinajstić information content (AvgIpc) is 3.22. The molecule has 30 heavy (non-hydrogen) atoms. The molecule has 1 aliphatic carbocycles. The first-order valence-corrected chi connectivity index (χ1v) is 11.6. The number of carbonyl (C=O) groups is 1. The third kappa shape index (κ3) is 6.24. The number of Topliss-reactive ketones (excluding diaryl/α,β-unsaturated/α-hetero) is 1. The smallest absolute Gasteiger partial charge is 0.231 e. The number of rotatable bonds is 13. The van der Waals surface area contributed by atoms with Crippen LogP contribution < -0.4 is 9.47 Å². The van der Waals surface area contributed by atoms with Crippen LogP contribution in [-0.2, 0) is 14.3 Å². The van der Waals surface area contributed by atoms with Crippen LogP contribution >= 0.6 is 0 Å². The Bertz CT molecular complexity index is 724. The highest BCUT2D eigenvalue weighted by Gasteiger charge is 2.30. The number of hydrogen-bond donors (Lipinski definition) is 0. The van der Waals surface area contributed by atoms with Crippen molar-refractivity contribution in [2.75, 3.05) is 26.6 Å². The topological polar surface area (TPSA) is 54.0 Å². The van der Waals surface area contributed by atoms with Crippen molar-refractivity contribution in [1.82, 2.24) is 0 Å². The number of hydrogen-bond acceptors (Lipinski definition) is 5. The second kappa shape index (κ2) is 12.0. The summed E-state index contributed by atoms with van der Waals surface area (Å²) >= 11 is 0. The molecule has 0 spiro atoms. The molecule has 0 radical (unpaired) electrons. The van der Waals surface area contributed by atoms with E-state index in [1.165, 1.54) is 24.8 Å². The highest BCUT2D eigenvalue weighted by atomic mass is 16.7. The van der Waals surface area contributed by atoms with Gasteiger partial charge in [0, 0.05) is 13.0 Å². The number of fused-ring (bicyclic) bond motifs is 1. The normalized spacial score (nSPS) is 18.2. The zero-order chi connectivity index (χ0) is 21.2. The van der Waals surface area contributed by atoms with E-state index in [-0.39, 0.29) is 18.5 Å². The molecular weight excluding hydrogens is 380 g/mol. The minimum Gasteiger partial charge on any atom is -0.488 e. The molecule has 1 heterocycles. The zero-order valence-electron chi connectivity index (χ0n) is 18.5. The van der Waals surface area contributed by atoms with Crippen molar-refractivity contribution >= 4 is 5.78 Å². The highest BCUT2D eigenvalue weighted by Crippen LogP contribution is 2.41. The summed E-state index contributed by atoms with van der Waals surface area (Å²) in [6.07, 6.45) is 9.17. The van der Waals surface area contributed by atoms with Crippen molar-refractivity contribution in [3.8, 4) is 11.5 Å². The molecule has 0 saturated heterocycles. The van der Waals surface area contributed by atoms with Crippen LogP contribution in [0.3, 0.4) is 0 Å². The van der Waals surface area contributed by atoms with Gasteiger partial charge in [-0.05, 0) is 54.9 Å². The molecule has 3 rings (SSSR count). The van der Waals surface area contributed by atoms with Crippen LogP contribution in [0.4, 0.5) is 0 Å². The van der Waals surface area contributed by atoms with Gasteiger partial charge in [-0.3, -0.25) is 4.79 Å². The van der Waals surface area contributed by atoms with E-state index in [0.29, 0.717) is 25.4 Å². The maximum absolute atomic E-state index is 13.0. The molecule has 5 heteroatoms. The maximum atomic E-state index is 13.0. The van der Waals surface area contributed by atoms with Crippen LogP contribution in [0.15, 0.2) is 29.5 Å². The lowest BCUT2D eigenvalue weighted by Gasteiger charge is -2.27. The van der Waals surface area contributed by atoms with Crippen molar-refractivity contribution in [3.63, 3.8) is 0 Å². The predicted octanol–water partition coefficient (Wildman–Crippen LogP) is 5.92. The number of benzene rings is 1. The Hall–Kier alpha value is -2.01. The summed E-state index contributed by atoms with van der Waals surface area (Å²) in [6.45, 7) is 6.36. The second-order valence-corrected chi connectivity index (χ2v) is 8.20. The van der Waals surface area contributed by atoms with Crippen LogP contribution in [0.1, 0.15) is 83.1 Å². The van der Waals surface area contributed by atoms with E-state index in [1.807, 2.05) is 12.1 Å². The lowest BCUT2D eigenvalue weighted by atomic mass is 9.80. The Morgan fingerprint density at radius 2 is 1.77 bits per heavy atom. The Balaban J connectivity index is 1.65.